The Labute approximate surface area is 95.7 Å². The van der Waals surface area contributed by atoms with Gasteiger partial charge >= 0.3 is 5.97 Å². The Morgan fingerprint density at radius 3 is 2.56 bits per heavy atom. The normalized spacial score (nSPS) is 13.1. The second kappa shape index (κ2) is 5.16. The summed E-state index contributed by atoms with van der Waals surface area (Å²) in [5.41, 5.74) is 0.907. The quantitative estimate of drug-likeness (QED) is 0.807. The lowest BCUT2D eigenvalue weighted by molar-refractivity contribution is 0.0661. The molecule has 1 atom stereocenters. The molecule has 0 saturated heterocycles. The van der Waals surface area contributed by atoms with Crippen LogP contribution in [-0.2, 0) is 6.54 Å². The summed E-state index contributed by atoms with van der Waals surface area (Å²) in [6.45, 7) is 8.81. The lowest BCUT2D eigenvalue weighted by Gasteiger charge is -2.16. The van der Waals surface area contributed by atoms with Gasteiger partial charge in [0, 0.05) is 18.2 Å². The van der Waals surface area contributed by atoms with Crippen LogP contribution in [0.1, 0.15) is 42.6 Å². The van der Waals surface area contributed by atoms with Gasteiger partial charge in [-0.3, -0.25) is 0 Å². The first kappa shape index (κ1) is 12.8. The van der Waals surface area contributed by atoms with Crippen LogP contribution in [0.2, 0.25) is 0 Å². The van der Waals surface area contributed by atoms with E-state index in [2.05, 4.69) is 26.1 Å². The van der Waals surface area contributed by atoms with Crippen LogP contribution in [0.5, 0.6) is 0 Å². The predicted octanol–water partition coefficient (Wildman–Crippen LogP) is 2.42. The average molecular weight is 225 g/mol. The number of aryl methyl sites for hydroxylation is 1. The fourth-order valence-electron chi connectivity index (χ4n) is 1.31. The van der Waals surface area contributed by atoms with Gasteiger partial charge in [-0.15, -0.1) is 0 Å². The lowest BCUT2D eigenvalue weighted by Crippen LogP contribution is -2.30. The minimum absolute atomic E-state index is 0.00602. The van der Waals surface area contributed by atoms with Crippen LogP contribution in [0.3, 0.4) is 0 Å². The van der Waals surface area contributed by atoms with E-state index in [1.54, 1.807) is 13.0 Å². The van der Waals surface area contributed by atoms with E-state index < -0.39 is 5.97 Å². The van der Waals surface area contributed by atoms with Gasteiger partial charge in [-0.2, -0.15) is 0 Å². The van der Waals surface area contributed by atoms with Crippen LogP contribution in [0, 0.1) is 12.8 Å². The van der Waals surface area contributed by atoms with Crippen LogP contribution in [-0.4, -0.2) is 17.1 Å². The van der Waals surface area contributed by atoms with Crippen molar-refractivity contribution in [2.24, 2.45) is 5.92 Å². The molecule has 0 aliphatic rings. The second-order valence-corrected chi connectivity index (χ2v) is 4.41. The number of carbonyl (C=O) groups is 1. The minimum atomic E-state index is -1.02. The molecule has 0 radical (unpaired) electrons. The molecule has 1 unspecified atom stereocenters. The molecule has 4 nitrogen and oxygen atoms in total. The Morgan fingerprint density at radius 1 is 1.50 bits per heavy atom. The summed E-state index contributed by atoms with van der Waals surface area (Å²) in [5.74, 6) is 0.199. The molecule has 0 saturated carbocycles. The standard InChI is InChI=1S/C12H19NO3/c1-7(2)8(3)13-6-10-5-11(12(14)15)16-9(10)4/h5,7-8,13H,6H2,1-4H3,(H,14,15). The lowest BCUT2D eigenvalue weighted by atomic mass is 10.1. The van der Waals surface area contributed by atoms with E-state index in [1.807, 2.05) is 0 Å². The van der Waals surface area contributed by atoms with Gasteiger partial charge in [0.25, 0.3) is 0 Å². The number of hydrogen-bond acceptors (Lipinski definition) is 3. The Hall–Kier alpha value is -1.29. The van der Waals surface area contributed by atoms with Crippen molar-refractivity contribution < 1.29 is 14.3 Å². The summed E-state index contributed by atoms with van der Waals surface area (Å²) < 4.78 is 5.13. The van der Waals surface area contributed by atoms with Gasteiger partial charge in [0.2, 0.25) is 5.76 Å². The highest BCUT2D eigenvalue weighted by atomic mass is 16.4. The molecule has 0 aromatic carbocycles. The molecule has 2 N–H and O–H groups in total. The maximum absolute atomic E-state index is 10.7. The topological polar surface area (TPSA) is 62.5 Å². The van der Waals surface area contributed by atoms with Crippen molar-refractivity contribution in [2.75, 3.05) is 0 Å². The summed E-state index contributed by atoms with van der Waals surface area (Å²) in [5, 5.41) is 12.1. The van der Waals surface area contributed by atoms with Crippen LogP contribution in [0.15, 0.2) is 10.5 Å². The number of carboxylic acids is 1. The Kier molecular flexibility index (Phi) is 4.12. The molecule has 16 heavy (non-hydrogen) atoms. The molecule has 1 heterocycles. The smallest absolute Gasteiger partial charge is 0.371 e. The zero-order valence-electron chi connectivity index (χ0n) is 10.2. The van der Waals surface area contributed by atoms with Crippen molar-refractivity contribution in [3.05, 3.63) is 23.2 Å². The highest BCUT2D eigenvalue weighted by Gasteiger charge is 2.14. The highest BCUT2D eigenvalue weighted by molar-refractivity contribution is 5.84. The molecule has 90 valence electrons. The zero-order chi connectivity index (χ0) is 12.3. The molecule has 0 aliphatic heterocycles. The van der Waals surface area contributed by atoms with E-state index in [1.165, 1.54) is 0 Å². The van der Waals surface area contributed by atoms with Crippen molar-refractivity contribution in [2.45, 2.75) is 40.3 Å². The number of aromatic carboxylic acids is 1. The number of hydrogen-bond donors (Lipinski definition) is 2. The third-order valence-electron chi connectivity index (χ3n) is 2.85. The SMILES string of the molecule is Cc1oc(C(=O)O)cc1CNC(C)C(C)C. The third-order valence-corrected chi connectivity index (χ3v) is 2.85. The van der Waals surface area contributed by atoms with Crippen molar-refractivity contribution >= 4 is 5.97 Å². The summed E-state index contributed by atoms with van der Waals surface area (Å²) in [4.78, 5) is 10.7. The molecule has 0 bridgehead atoms. The fraction of sp³-hybridized carbons (Fsp3) is 0.583. The fourth-order valence-corrected chi connectivity index (χ4v) is 1.31. The monoisotopic (exact) mass is 225 g/mol. The van der Waals surface area contributed by atoms with Crippen molar-refractivity contribution in [3.8, 4) is 0 Å². The number of rotatable bonds is 5. The molecular weight excluding hydrogens is 206 g/mol. The summed E-state index contributed by atoms with van der Waals surface area (Å²) in [6.07, 6.45) is 0. The maximum Gasteiger partial charge on any atom is 0.371 e. The zero-order valence-corrected chi connectivity index (χ0v) is 10.2. The highest BCUT2D eigenvalue weighted by Crippen LogP contribution is 2.15. The number of nitrogens with one attached hydrogen (secondary N) is 1. The Morgan fingerprint density at radius 2 is 2.12 bits per heavy atom. The molecule has 0 amide bonds. The second-order valence-electron chi connectivity index (χ2n) is 4.41. The van der Waals surface area contributed by atoms with Crippen LogP contribution in [0.4, 0.5) is 0 Å². The Balaban J connectivity index is 2.64. The van der Waals surface area contributed by atoms with Crippen molar-refractivity contribution in [3.63, 3.8) is 0 Å². The van der Waals surface area contributed by atoms with Gasteiger partial charge in [-0.25, -0.2) is 4.79 Å². The molecule has 1 aromatic rings. The van der Waals surface area contributed by atoms with Gasteiger partial charge in [0.1, 0.15) is 5.76 Å². The molecule has 4 heteroatoms. The largest absolute Gasteiger partial charge is 0.475 e. The van der Waals surface area contributed by atoms with Crippen molar-refractivity contribution in [1.29, 1.82) is 0 Å². The summed E-state index contributed by atoms with van der Waals surface area (Å²) in [7, 11) is 0. The molecule has 1 aromatic heterocycles. The number of carboxylic acid groups (broad SMARTS) is 1. The molecular formula is C12H19NO3. The molecule has 0 fully saturated rings. The summed E-state index contributed by atoms with van der Waals surface area (Å²) >= 11 is 0. The van der Waals surface area contributed by atoms with Crippen LogP contribution in [0.25, 0.3) is 0 Å². The first-order valence-electron chi connectivity index (χ1n) is 5.47. The maximum atomic E-state index is 10.7. The van der Waals surface area contributed by atoms with Gasteiger partial charge in [0.15, 0.2) is 0 Å². The van der Waals surface area contributed by atoms with E-state index in [4.69, 9.17) is 9.52 Å². The van der Waals surface area contributed by atoms with Gasteiger partial charge in [-0.1, -0.05) is 13.8 Å². The van der Waals surface area contributed by atoms with E-state index in [9.17, 15) is 4.79 Å². The first-order chi connectivity index (χ1) is 7.41. The van der Waals surface area contributed by atoms with Crippen LogP contribution < -0.4 is 5.32 Å². The molecule has 1 rings (SSSR count). The summed E-state index contributed by atoms with van der Waals surface area (Å²) in [6, 6.07) is 1.97. The minimum Gasteiger partial charge on any atom is -0.475 e. The third kappa shape index (κ3) is 3.10. The van der Waals surface area contributed by atoms with Gasteiger partial charge < -0.3 is 14.8 Å². The average Bonchev–Trinajstić information content (AvgIpc) is 2.56. The molecule has 0 aliphatic carbocycles. The van der Waals surface area contributed by atoms with Gasteiger partial charge in [-0.05, 0) is 25.8 Å². The van der Waals surface area contributed by atoms with Crippen molar-refractivity contribution in [1.82, 2.24) is 5.32 Å². The first-order valence-corrected chi connectivity index (χ1v) is 5.47. The van der Waals surface area contributed by atoms with E-state index in [0.717, 1.165) is 5.56 Å². The molecule has 0 spiro atoms. The van der Waals surface area contributed by atoms with E-state index in [-0.39, 0.29) is 5.76 Å². The van der Waals surface area contributed by atoms with E-state index >= 15 is 0 Å². The number of furan rings is 1. The van der Waals surface area contributed by atoms with Gasteiger partial charge in [0.05, 0.1) is 0 Å². The Bertz CT molecular complexity index is 368. The predicted molar refractivity (Wildman–Crippen MR) is 61.5 cm³/mol. The van der Waals surface area contributed by atoms with Crippen LogP contribution >= 0.6 is 0 Å². The van der Waals surface area contributed by atoms with E-state index in [0.29, 0.717) is 24.3 Å².